The Hall–Kier alpha value is -3.11. The van der Waals surface area contributed by atoms with Gasteiger partial charge in [0.15, 0.2) is 0 Å². The Morgan fingerprint density at radius 2 is 1.61 bits per heavy atom. The SMILES string of the molecule is CCOC(=O)N1CCC(N2C(=O)c3ccccc3[C@@H]2Nc2ccc(S(=O)(=O)N3CCCCCC3)cc2)CC1. The van der Waals surface area contributed by atoms with Crippen molar-refractivity contribution in [2.24, 2.45) is 0 Å². The molecule has 0 unspecified atom stereocenters. The summed E-state index contributed by atoms with van der Waals surface area (Å²) in [5.41, 5.74) is 2.30. The van der Waals surface area contributed by atoms with Crippen LogP contribution in [0, 0.1) is 0 Å². The molecule has 2 saturated heterocycles. The lowest BCUT2D eigenvalue weighted by Gasteiger charge is -2.39. The van der Waals surface area contributed by atoms with Crippen LogP contribution >= 0.6 is 0 Å². The molecule has 3 aliphatic rings. The average molecular weight is 541 g/mol. The van der Waals surface area contributed by atoms with E-state index in [0.29, 0.717) is 51.2 Å². The van der Waals surface area contributed by atoms with E-state index in [1.807, 2.05) is 29.2 Å². The van der Waals surface area contributed by atoms with Crippen molar-refractivity contribution in [3.05, 3.63) is 59.7 Å². The van der Waals surface area contributed by atoms with Crippen LogP contribution in [0.5, 0.6) is 0 Å². The minimum atomic E-state index is -3.53. The molecule has 2 fully saturated rings. The summed E-state index contributed by atoms with van der Waals surface area (Å²) < 4.78 is 33.1. The van der Waals surface area contributed by atoms with Gasteiger partial charge in [-0.25, -0.2) is 13.2 Å². The summed E-state index contributed by atoms with van der Waals surface area (Å²) in [7, 11) is -3.53. The lowest BCUT2D eigenvalue weighted by Crippen LogP contribution is -2.49. The van der Waals surface area contributed by atoms with Crippen LogP contribution in [0.4, 0.5) is 10.5 Å². The summed E-state index contributed by atoms with van der Waals surface area (Å²) in [5, 5.41) is 3.49. The molecule has 0 aromatic heterocycles. The number of piperidine rings is 1. The summed E-state index contributed by atoms with van der Waals surface area (Å²) >= 11 is 0. The quantitative estimate of drug-likeness (QED) is 0.582. The second-order valence-electron chi connectivity index (χ2n) is 10.1. The fraction of sp³-hybridized carbons (Fsp3) is 0.500. The summed E-state index contributed by atoms with van der Waals surface area (Å²) in [6.45, 7) is 4.31. The third kappa shape index (κ3) is 5.24. The number of carbonyl (C=O) groups is 2. The first-order chi connectivity index (χ1) is 18.4. The molecule has 3 aliphatic heterocycles. The molecule has 0 aliphatic carbocycles. The lowest BCUT2D eigenvalue weighted by molar-refractivity contribution is 0.0496. The van der Waals surface area contributed by atoms with Crippen LogP contribution < -0.4 is 5.32 Å². The van der Waals surface area contributed by atoms with Gasteiger partial charge in [-0.1, -0.05) is 31.0 Å². The summed E-state index contributed by atoms with van der Waals surface area (Å²) in [6, 6.07) is 14.4. The number of nitrogens with one attached hydrogen (secondary N) is 1. The zero-order valence-electron chi connectivity index (χ0n) is 21.8. The summed E-state index contributed by atoms with van der Waals surface area (Å²) in [4.78, 5) is 29.5. The molecule has 0 spiro atoms. The number of fused-ring (bicyclic) bond motifs is 1. The Labute approximate surface area is 224 Å². The van der Waals surface area contributed by atoms with Gasteiger partial charge in [0.05, 0.1) is 11.5 Å². The number of benzene rings is 2. The van der Waals surface area contributed by atoms with Gasteiger partial charge in [-0.3, -0.25) is 4.79 Å². The second-order valence-corrected chi connectivity index (χ2v) is 12.0. The number of hydrogen-bond acceptors (Lipinski definition) is 6. The van der Waals surface area contributed by atoms with Crippen molar-refractivity contribution in [1.82, 2.24) is 14.1 Å². The molecular weight excluding hydrogens is 504 g/mol. The van der Waals surface area contributed by atoms with Crippen molar-refractivity contribution in [2.75, 3.05) is 38.1 Å². The molecule has 2 amide bonds. The van der Waals surface area contributed by atoms with Crippen LogP contribution in [-0.4, -0.2) is 73.4 Å². The van der Waals surface area contributed by atoms with Crippen molar-refractivity contribution < 1.29 is 22.7 Å². The number of rotatable bonds is 6. The average Bonchev–Trinajstić information content (AvgIpc) is 3.09. The molecular formula is C28H36N4O5S. The molecule has 9 nitrogen and oxygen atoms in total. The highest BCUT2D eigenvalue weighted by molar-refractivity contribution is 7.89. The van der Waals surface area contributed by atoms with Crippen LogP contribution in [-0.2, 0) is 14.8 Å². The zero-order valence-corrected chi connectivity index (χ0v) is 22.7. The molecule has 0 radical (unpaired) electrons. The normalized spacial score (nSPS) is 21.2. The van der Waals surface area contributed by atoms with Crippen molar-refractivity contribution in [2.45, 2.75) is 62.6 Å². The highest BCUT2D eigenvalue weighted by atomic mass is 32.2. The molecule has 5 rings (SSSR count). The van der Waals surface area contributed by atoms with E-state index in [2.05, 4.69) is 5.32 Å². The summed E-state index contributed by atoms with van der Waals surface area (Å²) in [5.74, 6) is -0.0342. The van der Waals surface area contributed by atoms with Crippen LogP contribution in [0.15, 0.2) is 53.4 Å². The van der Waals surface area contributed by atoms with Crippen LogP contribution in [0.2, 0.25) is 0 Å². The van der Waals surface area contributed by atoms with Gasteiger partial charge in [0.1, 0.15) is 6.17 Å². The van der Waals surface area contributed by atoms with E-state index in [4.69, 9.17) is 4.74 Å². The van der Waals surface area contributed by atoms with Gasteiger partial charge >= 0.3 is 6.09 Å². The first-order valence-electron chi connectivity index (χ1n) is 13.6. The molecule has 1 atom stereocenters. The van der Waals surface area contributed by atoms with Gasteiger partial charge in [-0.05, 0) is 62.9 Å². The number of carbonyl (C=O) groups excluding carboxylic acids is 2. The van der Waals surface area contributed by atoms with Gasteiger partial charge in [0.2, 0.25) is 10.0 Å². The van der Waals surface area contributed by atoms with Gasteiger partial charge in [0, 0.05) is 49.0 Å². The van der Waals surface area contributed by atoms with Crippen molar-refractivity contribution in [3.8, 4) is 0 Å². The number of nitrogens with zero attached hydrogens (tertiary/aromatic N) is 3. The molecule has 2 aromatic rings. The molecule has 1 N–H and O–H groups in total. The van der Waals surface area contributed by atoms with Crippen molar-refractivity contribution >= 4 is 27.7 Å². The van der Waals surface area contributed by atoms with Crippen LogP contribution in [0.1, 0.15) is 67.5 Å². The first-order valence-corrected chi connectivity index (χ1v) is 15.0. The Morgan fingerprint density at radius 3 is 2.26 bits per heavy atom. The second kappa shape index (κ2) is 11.3. The van der Waals surface area contributed by atoms with E-state index < -0.39 is 10.0 Å². The Bertz CT molecular complexity index is 1250. The monoisotopic (exact) mass is 540 g/mol. The molecule has 204 valence electrons. The number of ether oxygens (including phenoxy) is 1. The molecule has 3 heterocycles. The number of hydrogen-bond donors (Lipinski definition) is 1. The number of amides is 2. The first kappa shape index (κ1) is 26.5. The standard InChI is InChI=1S/C28H36N4O5S/c1-2-37-28(34)30-19-15-22(16-20-30)32-26(24-9-5-6-10-25(24)27(32)33)29-21-11-13-23(14-12-21)38(35,36)31-17-7-3-4-8-18-31/h5-6,9-14,22,26,29H,2-4,7-8,15-20H2,1H3/t26-/m1/s1. The molecule has 2 aromatic carbocycles. The fourth-order valence-electron chi connectivity index (χ4n) is 5.71. The minimum absolute atomic E-state index is 0.0342. The highest BCUT2D eigenvalue weighted by Gasteiger charge is 2.42. The topological polar surface area (TPSA) is 99.3 Å². The van der Waals surface area contributed by atoms with E-state index in [1.54, 1.807) is 40.4 Å². The minimum Gasteiger partial charge on any atom is -0.450 e. The third-order valence-corrected chi connectivity index (χ3v) is 9.66. The van der Waals surface area contributed by atoms with E-state index in [0.717, 1.165) is 36.9 Å². The highest BCUT2D eigenvalue weighted by Crippen LogP contribution is 2.38. The van der Waals surface area contributed by atoms with Gasteiger partial charge in [-0.2, -0.15) is 4.31 Å². The van der Waals surface area contributed by atoms with E-state index in [9.17, 15) is 18.0 Å². The van der Waals surface area contributed by atoms with E-state index >= 15 is 0 Å². The Kier molecular flexibility index (Phi) is 7.90. The molecule has 0 bridgehead atoms. The fourth-order valence-corrected chi connectivity index (χ4v) is 7.23. The van der Waals surface area contributed by atoms with Gasteiger partial charge in [-0.15, -0.1) is 0 Å². The van der Waals surface area contributed by atoms with Crippen molar-refractivity contribution in [1.29, 1.82) is 0 Å². The number of sulfonamides is 1. The van der Waals surface area contributed by atoms with E-state index in [1.165, 1.54) is 0 Å². The predicted octanol–water partition coefficient (Wildman–Crippen LogP) is 4.44. The smallest absolute Gasteiger partial charge is 0.409 e. The largest absolute Gasteiger partial charge is 0.450 e. The maximum atomic E-state index is 13.5. The lowest BCUT2D eigenvalue weighted by atomic mass is 10.0. The maximum absolute atomic E-state index is 13.5. The predicted molar refractivity (Wildman–Crippen MR) is 144 cm³/mol. The van der Waals surface area contributed by atoms with Gasteiger partial charge in [0.25, 0.3) is 5.91 Å². The third-order valence-electron chi connectivity index (χ3n) is 7.74. The van der Waals surface area contributed by atoms with Crippen LogP contribution in [0.3, 0.4) is 0 Å². The number of likely N-dealkylation sites (tertiary alicyclic amines) is 1. The number of anilines is 1. The summed E-state index contributed by atoms with van der Waals surface area (Å²) in [6.07, 6.45) is 4.53. The zero-order chi connectivity index (χ0) is 26.7. The Morgan fingerprint density at radius 1 is 0.947 bits per heavy atom. The van der Waals surface area contributed by atoms with Crippen molar-refractivity contribution in [3.63, 3.8) is 0 Å². The van der Waals surface area contributed by atoms with E-state index in [-0.39, 0.29) is 29.1 Å². The Balaban J connectivity index is 1.34. The maximum Gasteiger partial charge on any atom is 0.409 e. The molecule has 10 heteroatoms. The van der Waals surface area contributed by atoms with Gasteiger partial charge < -0.3 is 19.9 Å². The van der Waals surface area contributed by atoms with Crippen LogP contribution in [0.25, 0.3) is 0 Å². The molecule has 38 heavy (non-hydrogen) atoms. The molecule has 0 saturated carbocycles.